The highest BCUT2D eigenvalue weighted by atomic mass is 35.5. The van der Waals surface area contributed by atoms with Crippen LogP contribution in [-0.2, 0) is 14.3 Å². The van der Waals surface area contributed by atoms with E-state index in [1.165, 1.54) is 0 Å². The van der Waals surface area contributed by atoms with Crippen LogP contribution in [0, 0.1) is 5.41 Å². The van der Waals surface area contributed by atoms with E-state index in [2.05, 4.69) is 5.32 Å². The number of hydrogen-bond acceptors (Lipinski definition) is 4. The van der Waals surface area contributed by atoms with Crippen LogP contribution >= 0.6 is 11.6 Å². The van der Waals surface area contributed by atoms with Crippen LogP contribution in [0.5, 0.6) is 5.75 Å². The van der Waals surface area contributed by atoms with Crippen LogP contribution in [0.2, 0.25) is 5.02 Å². The van der Waals surface area contributed by atoms with E-state index >= 15 is 0 Å². The summed E-state index contributed by atoms with van der Waals surface area (Å²) in [6, 6.07) is 4.76. The summed E-state index contributed by atoms with van der Waals surface area (Å²) in [4.78, 5) is 23.2. The molecule has 2 fully saturated rings. The predicted octanol–water partition coefficient (Wildman–Crippen LogP) is 2.70. The van der Waals surface area contributed by atoms with Crippen molar-refractivity contribution < 1.29 is 24.2 Å². The minimum Gasteiger partial charge on any atom is -0.480 e. The molecular formula is C16H18ClNO5. The average molecular weight is 340 g/mol. The molecule has 0 unspecified atom stereocenters. The lowest BCUT2D eigenvalue weighted by atomic mass is 9.82. The number of aliphatic carboxylic acids is 1. The van der Waals surface area contributed by atoms with E-state index in [-0.39, 0.29) is 22.8 Å². The van der Waals surface area contributed by atoms with Gasteiger partial charge in [0.15, 0.2) is 6.61 Å². The Hall–Kier alpha value is -1.79. The molecular weight excluding hydrogens is 322 g/mol. The molecule has 1 heterocycles. The normalized spacial score (nSPS) is 25.9. The molecule has 0 bridgehead atoms. The molecule has 1 aliphatic heterocycles. The third-order valence-electron chi connectivity index (χ3n) is 4.57. The minimum absolute atomic E-state index is 0.0103. The Bertz CT molecular complexity index is 623. The summed E-state index contributed by atoms with van der Waals surface area (Å²) in [5, 5.41) is 11.8. The molecule has 0 aromatic heterocycles. The molecule has 2 aliphatic rings. The fourth-order valence-electron chi connectivity index (χ4n) is 3.42. The largest absolute Gasteiger partial charge is 0.480 e. The first kappa shape index (κ1) is 16.1. The Labute approximate surface area is 138 Å². The third-order valence-corrected chi connectivity index (χ3v) is 4.86. The fourth-order valence-corrected chi connectivity index (χ4v) is 3.65. The molecule has 6 nitrogen and oxygen atoms in total. The standard InChI is InChI=1S/C16H18ClNO5/c17-11-8-10(3-4-12(11)23-9-14(19)20)18-15(21)16-5-1-2-13(16)22-7-6-16/h3-4,8,13H,1-2,5-7,9H2,(H,18,21)(H,19,20)/t13-,16+/m1/s1. The Balaban J connectivity index is 1.69. The number of hydrogen-bond donors (Lipinski definition) is 2. The molecule has 1 saturated carbocycles. The summed E-state index contributed by atoms with van der Waals surface area (Å²) >= 11 is 6.07. The molecule has 2 atom stereocenters. The van der Waals surface area contributed by atoms with Crippen molar-refractivity contribution in [2.45, 2.75) is 31.8 Å². The molecule has 1 aromatic rings. The van der Waals surface area contributed by atoms with Crippen LogP contribution < -0.4 is 10.1 Å². The van der Waals surface area contributed by atoms with E-state index in [1.54, 1.807) is 18.2 Å². The first-order chi connectivity index (χ1) is 11.0. The smallest absolute Gasteiger partial charge is 0.341 e. The van der Waals surface area contributed by atoms with E-state index in [4.69, 9.17) is 26.2 Å². The zero-order chi connectivity index (χ0) is 16.4. The third kappa shape index (κ3) is 3.14. The topological polar surface area (TPSA) is 84.9 Å². The van der Waals surface area contributed by atoms with Gasteiger partial charge in [-0.1, -0.05) is 11.6 Å². The van der Waals surface area contributed by atoms with Gasteiger partial charge < -0.3 is 19.9 Å². The second-order valence-electron chi connectivity index (χ2n) is 5.94. The van der Waals surface area contributed by atoms with Crippen molar-refractivity contribution in [3.63, 3.8) is 0 Å². The highest BCUT2D eigenvalue weighted by Gasteiger charge is 2.52. The maximum absolute atomic E-state index is 12.7. The Kier molecular flexibility index (Phi) is 4.46. The lowest BCUT2D eigenvalue weighted by molar-refractivity contribution is -0.139. The van der Waals surface area contributed by atoms with Crippen molar-refractivity contribution >= 4 is 29.2 Å². The van der Waals surface area contributed by atoms with Gasteiger partial charge >= 0.3 is 5.97 Å². The molecule has 0 radical (unpaired) electrons. The monoisotopic (exact) mass is 339 g/mol. The van der Waals surface area contributed by atoms with Crippen LogP contribution in [0.1, 0.15) is 25.7 Å². The minimum atomic E-state index is -1.08. The number of carbonyl (C=O) groups excluding carboxylic acids is 1. The lowest BCUT2D eigenvalue weighted by Gasteiger charge is -2.26. The van der Waals surface area contributed by atoms with Crippen LogP contribution in [0.3, 0.4) is 0 Å². The van der Waals surface area contributed by atoms with E-state index in [9.17, 15) is 9.59 Å². The molecule has 3 rings (SSSR count). The second-order valence-corrected chi connectivity index (χ2v) is 6.35. The molecule has 0 spiro atoms. The summed E-state index contributed by atoms with van der Waals surface area (Å²) in [6.45, 7) is 0.161. The van der Waals surface area contributed by atoms with Crippen molar-refractivity contribution in [3.05, 3.63) is 23.2 Å². The Morgan fingerprint density at radius 3 is 3.00 bits per heavy atom. The van der Waals surface area contributed by atoms with E-state index in [1.807, 2.05) is 0 Å². The zero-order valence-electron chi connectivity index (χ0n) is 12.5. The van der Waals surface area contributed by atoms with Crippen LogP contribution in [0.25, 0.3) is 0 Å². The van der Waals surface area contributed by atoms with Crippen molar-refractivity contribution in [2.24, 2.45) is 5.41 Å². The van der Waals surface area contributed by atoms with E-state index in [0.29, 0.717) is 12.3 Å². The van der Waals surface area contributed by atoms with Gasteiger partial charge in [0, 0.05) is 12.3 Å². The molecule has 1 saturated heterocycles. The number of amides is 1. The number of halogens is 1. The average Bonchev–Trinajstić information content (AvgIpc) is 3.06. The molecule has 1 aromatic carbocycles. The van der Waals surface area contributed by atoms with Gasteiger partial charge in [-0.15, -0.1) is 0 Å². The number of fused-ring (bicyclic) bond motifs is 1. The molecule has 1 aliphatic carbocycles. The predicted molar refractivity (Wildman–Crippen MR) is 83.9 cm³/mol. The highest BCUT2D eigenvalue weighted by molar-refractivity contribution is 6.32. The van der Waals surface area contributed by atoms with Crippen LogP contribution in [0.15, 0.2) is 18.2 Å². The zero-order valence-corrected chi connectivity index (χ0v) is 13.3. The highest BCUT2D eigenvalue weighted by Crippen LogP contribution is 2.48. The molecule has 1 amide bonds. The summed E-state index contributed by atoms with van der Waals surface area (Å²) in [5.41, 5.74) is 0.139. The molecule has 23 heavy (non-hydrogen) atoms. The second kappa shape index (κ2) is 6.37. The summed E-state index contributed by atoms with van der Waals surface area (Å²) in [6.07, 6.45) is 3.53. The van der Waals surface area contributed by atoms with Gasteiger partial charge in [-0.05, 0) is 43.9 Å². The molecule has 124 valence electrons. The fraction of sp³-hybridized carbons (Fsp3) is 0.500. The van der Waals surface area contributed by atoms with Crippen LogP contribution in [0.4, 0.5) is 5.69 Å². The first-order valence-electron chi connectivity index (χ1n) is 7.58. The van der Waals surface area contributed by atoms with Crippen molar-refractivity contribution in [2.75, 3.05) is 18.5 Å². The maximum atomic E-state index is 12.7. The van der Waals surface area contributed by atoms with Gasteiger partial charge in [0.25, 0.3) is 0 Å². The summed E-state index contributed by atoms with van der Waals surface area (Å²) in [5.74, 6) is -0.841. The number of benzene rings is 1. The van der Waals surface area contributed by atoms with Gasteiger partial charge in [-0.3, -0.25) is 4.79 Å². The van der Waals surface area contributed by atoms with Crippen molar-refractivity contribution in [1.29, 1.82) is 0 Å². The van der Waals surface area contributed by atoms with Crippen molar-refractivity contribution in [3.8, 4) is 5.75 Å². The number of carboxylic acids is 1. The first-order valence-corrected chi connectivity index (χ1v) is 7.96. The van der Waals surface area contributed by atoms with Crippen molar-refractivity contribution in [1.82, 2.24) is 0 Å². The number of ether oxygens (including phenoxy) is 2. The SMILES string of the molecule is O=C(O)COc1ccc(NC(=O)[C@]23CCC[C@H]2OCC3)cc1Cl. The number of anilines is 1. The molecule has 2 N–H and O–H groups in total. The van der Waals surface area contributed by atoms with Gasteiger partial charge in [-0.25, -0.2) is 4.79 Å². The quantitative estimate of drug-likeness (QED) is 0.861. The Morgan fingerprint density at radius 2 is 2.26 bits per heavy atom. The number of nitrogens with one attached hydrogen (secondary N) is 1. The molecule has 7 heteroatoms. The summed E-state index contributed by atoms with van der Waals surface area (Å²) in [7, 11) is 0. The van der Waals surface area contributed by atoms with Gasteiger partial charge in [-0.2, -0.15) is 0 Å². The number of rotatable bonds is 5. The van der Waals surface area contributed by atoms with Gasteiger partial charge in [0.05, 0.1) is 16.5 Å². The van der Waals surface area contributed by atoms with E-state index in [0.717, 1.165) is 25.7 Å². The van der Waals surface area contributed by atoms with Gasteiger partial charge in [0.2, 0.25) is 5.91 Å². The van der Waals surface area contributed by atoms with Crippen LogP contribution in [-0.4, -0.2) is 36.3 Å². The van der Waals surface area contributed by atoms with Gasteiger partial charge in [0.1, 0.15) is 5.75 Å². The number of carbonyl (C=O) groups is 2. The lowest BCUT2D eigenvalue weighted by Crippen LogP contribution is -2.39. The maximum Gasteiger partial charge on any atom is 0.341 e. The Morgan fingerprint density at radius 1 is 1.43 bits per heavy atom. The summed E-state index contributed by atoms with van der Waals surface area (Å²) < 4.78 is 10.7. The van der Waals surface area contributed by atoms with E-state index < -0.39 is 18.0 Å². The number of carboxylic acid groups (broad SMARTS) is 1.